The summed E-state index contributed by atoms with van der Waals surface area (Å²) in [7, 11) is 0. The van der Waals surface area contributed by atoms with Crippen LogP contribution in [0.3, 0.4) is 0 Å². The molecule has 14 heavy (non-hydrogen) atoms. The van der Waals surface area contributed by atoms with E-state index in [4.69, 9.17) is 10.6 Å². The first kappa shape index (κ1) is 10.1. The highest BCUT2D eigenvalue weighted by molar-refractivity contribution is 7.10. The van der Waals surface area contributed by atoms with Gasteiger partial charge in [-0.25, -0.2) is 0 Å². The van der Waals surface area contributed by atoms with Gasteiger partial charge in [0.1, 0.15) is 0 Å². The predicted octanol–water partition coefficient (Wildman–Crippen LogP) is 1.68. The first-order valence-electron chi connectivity index (χ1n) is 4.99. The molecule has 4 heteroatoms. The zero-order valence-corrected chi connectivity index (χ0v) is 8.93. The minimum absolute atomic E-state index is 0.305. The van der Waals surface area contributed by atoms with Gasteiger partial charge in [0.05, 0.1) is 6.04 Å². The standard InChI is InChI=1S/C10H16N2OS/c11-12-10(9-2-1-7-14-9)8-3-5-13-6-4-8/h1-2,7-8,10,12H,3-6,11H2. The summed E-state index contributed by atoms with van der Waals surface area (Å²) in [5.41, 5.74) is 2.93. The summed E-state index contributed by atoms with van der Waals surface area (Å²) in [5.74, 6) is 6.23. The maximum atomic E-state index is 5.61. The van der Waals surface area contributed by atoms with Crippen LogP contribution in [0.1, 0.15) is 23.8 Å². The summed E-state index contributed by atoms with van der Waals surface area (Å²) in [6, 6.07) is 4.52. The summed E-state index contributed by atoms with van der Waals surface area (Å²) in [6.07, 6.45) is 2.21. The number of thiophene rings is 1. The Morgan fingerprint density at radius 3 is 2.86 bits per heavy atom. The van der Waals surface area contributed by atoms with E-state index in [1.165, 1.54) is 4.88 Å². The molecule has 2 heterocycles. The number of nitrogens with one attached hydrogen (secondary N) is 1. The normalized spacial score (nSPS) is 20.9. The third-order valence-corrected chi connectivity index (χ3v) is 3.72. The average Bonchev–Trinajstić information content (AvgIpc) is 2.74. The van der Waals surface area contributed by atoms with Crippen molar-refractivity contribution >= 4 is 11.3 Å². The smallest absolute Gasteiger partial charge is 0.0583 e. The molecule has 1 aromatic heterocycles. The van der Waals surface area contributed by atoms with Crippen LogP contribution in [0.5, 0.6) is 0 Å². The molecule has 1 saturated heterocycles. The molecule has 1 aliphatic heterocycles. The fourth-order valence-electron chi connectivity index (χ4n) is 1.97. The molecular formula is C10H16N2OS. The molecule has 3 nitrogen and oxygen atoms in total. The molecule has 0 amide bonds. The molecule has 78 valence electrons. The number of hydrazine groups is 1. The Balaban J connectivity index is 2.04. The highest BCUT2D eigenvalue weighted by Crippen LogP contribution is 2.31. The molecule has 3 N–H and O–H groups in total. The van der Waals surface area contributed by atoms with Gasteiger partial charge in [0.2, 0.25) is 0 Å². The van der Waals surface area contributed by atoms with Gasteiger partial charge in [0.15, 0.2) is 0 Å². The van der Waals surface area contributed by atoms with Crippen LogP contribution in [-0.2, 0) is 4.74 Å². The van der Waals surface area contributed by atoms with Crippen LogP contribution in [0.15, 0.2) is 17.5 Å². The van der Waals surface area contributed by atoms with Crippen molar-refractivity contribution in [3.05, 3.63) is 22.4 Å². The van der Waals surface area contributed by atoms with Gasteiger partial charge in [0.25, 0.3) is 0 Å². The van der Waals surface area contributed by atoms with E-state index in [0.717, 1.165) is 26.1 Å². The van der Waals surface area contributed by atoms with Gasteiger partial charge in [-0.3, -0.25) is 11.3 Å². The van der Waals surface area contributed by atoms with Crippen molar-refractivity contribution in [2.75, 3.05) is 13.2 Å². The maximum Gasteiger partial charge on any atom is 0.0583 e. The van der Waals surface area contributed by atoms with Crippen LogP contribution >= 0.6 is 11.3 Å². The van der Waals surface area contributed by atoms with E-state index in [1.54, 1.807) is 11.3 Å². The van der Waals surface area contributed by atoms with Gasteiger partial charge in [0, 0.05) is 18.1 Å². The Kier molecular flexibility index (Phi) is 3.53. The highest BCUT2D eigenvalue weighted by Gasteiger charge is 2.24. The van der Waals surface area contributed by atoms with Crippen molar-refractivity contribution in [1.82, 2.24) is 5.43 Å². The van der Waals surface area contributed by atoms with Crippen molar-refractivity contribution in [2.24, 2.45) is 11.8 Å². The van der Waals surface area contributed by atoms with Gasteiger partial charge < -0.3 is 4.74 Å². The number of rotatable bonds is 3. The molecule has 0 radical (unpaired) electrons. The third-order valence-electron chi connectivity index (χ3n) is 2.77. The molecule has 0 bridgehead atoms. The van der Waals surface area contributed by atoms with E-state index in [2.05, 4.69) is 22.9 Å². The molecule has 0 spiro atoms. The molecule has 0 saturated carbocycles. The summed E-state index contributed by atoms with van der Waals surface area (Å²) in [5, 5.41) is 2.10. The van der Waals surface area contributed by atoms with Gasteiger partial charge >= 0.3 is 0 Å². The fraction of sp³-hybridized carbons (Fsp3) is 0.600. The van der Waals surface area contributed by atoms with Crippen LogP contribution < -0.4 is 11.3 Å². The molecule has 2 rings (SSSR count). The van der Waals surface area contributed by atoms with Gasteiger partial charge in [-0.2, -0.15) is 0 Å². The molecule has 0 aliphatic carbocycles. The van der Waals surface area contributed by atoms with Crippen molar-refractivity contribution in [1.29, 1.82) is 0 Å². The van der Waals surface area contributed by atoms with E-state index in [9.17, 15) is 0 Å². The summed E-state index contributed by atoms with van der Waals surface area (Å²) < 4.78 is 5.35. The lowest BCUT2D eigenvalue weighted by Crippen LogP contribution is -2.35. The molecule has 1 atom stereocenters. The minimum Gasteiger partial charge on any atom is -0.381 e. The predicted molar refractivity (Wildman–Crippen MR) is 57.9 cm³/mol. The maximum absolute atomic E-state index is 5.61. The number of ether oxygens (including phenoxy) is 1. The second-order valence-electron chi connectivity index (χ2n) is 3.61. The minimum atomic E-state index is 0.305. The van der Waals surface area contributed by atoms with Crippen molar-refractivity contribution in [3.8, 4) is 0 Å². The summed E-state index contributed by atoms with van der Waals surface area (Å²) >= 11 is 1.77. The molecule has 1 aromatic rings. The number of nitrogens with two attached hydrogens (primary N) is 1. The van der Waals surface area contributed by atoms with E-state index in [-0.39, 0.29) is 0 Å². The van der Waals surface area contributed by atoms with Crippen molar-refractivity contribution in [2.45, 2.75) is 18.9 Å². The summed E-state index contributed by atoms with van der Waals surface area (Å²) in [4.78, 5) is 1.33. The quantitative estimate of drug-likeness (QED) is 0.592. The lowest BCUT2D eigenvalue weighted by Gasteiger charge is -2.29. The van der Waals surface area contributed by atoms with E-state index in [0.29, 0.717) is 12.0 Å². The Hall–Kier alpha value is -0.420. The number of hydrogen-bond donors (Lipinski definition) is 2. The zero-order valence-electron chi connectivity index (χ0n) is 8.11. The van der Waals surface area contributed by atoms with Crippen LogP contribution in [0.4, 0.5) is 0 Å². The zero-order chi connectivity index (χ0) is 9.80. The van der Waals surface area contributed by atoms with Crippen molar-refractivity contribution < 1.29 is 4.74 Å². The fourth-order valence-corrected chi connectivity index (χ4v) is 2.85. The van der Waals surface area contributed by atoms with Gasteiger partial charge in [-0.05, 0) is 30.2 Å². The lowest BCUT2D eigenvalue weighted by atomic mass is 9.91. The van der Waals surface area contributed by atoms with Gasteiger partial charge in [-0.1, -0.05) is 6.07 Å². The van der Waals surface area contributed by atoms with Crippen LogP contribution in [0.25, 0.3) is 0 Å². The van der Waals surface area contributed by atoms with Crippen LogP contribution in [0.2, 0.25) is 0 Å². The second-order valence-corrected chi connectivity index (χ2v) is 4.59. The Labute approximate surface area is 88.2 Å². The topological polar surface area (TPSA) is 47.3 Å². The van der Waals surface area contributed by atoms with Crippen LogP contribution in [-0.4, -0.2) is 13.2 Å². The van der Waals surface area contributed by atoms with Crippen molar-refractivity contribution in [3.63, 3.8) is 0 Å². The molecule has 1 aliphatic rings. The average molecular weight is 212 g/mol. The SMILES string of the molecule is NNC(c1cccs1)C1CCOCC1. The highest BCUT2D eigenvalue weighted by atomic mass is 32.1. The first-order valence-corrected chi connectivity index (χ1v) is 5.87. The second kappa shape index (κ2) is 4.89. The Bertz CT molecular complexity index is 257. The molecular weight excluding hydrogens is 196 g/mol. The van der Waals surface area contributed by atoms with E-state index < -0.39 is 0 Å². The Morgan fingerprint density at radius 1 is 1.50 bits per heavy atom. The third kappa shape index (κ3) is 2.15. The Morgan fingerprint density at radius 2 is 2.29 bits per heavy atom. The lowest BCUT2D eigenvalue weighted by molar-refractivity contribution is 0.0540. The number of hydrogen-bond acceptors (Lipinski definition) is 4. The van der Waals surface area contributed by atoms with Gasteiger partial charge in [-0.15, -0.1) is 11.3 Å². The first-order chi connectivity index (χ1) is 6.92. The largest absolute Gasteiger partial charge is 0.381 e. The van der Waals surface area contributed by atoms with Crippen LogP contribution in [0, 0.1) is 5.92 Å². The molecule has 1 fully saturated rings. The van der Waals surface area contributed by atoms with E-state index >= 15 is 0 Å². The molecule has 0 aromatic carbocycles. The summed E-state index contributed by atoms with van der Waals surface area (Å²) in [6.45, 7) is 1.74. The molecule has 1 unspecified atom stereocenters. The van der Waals surface area contributed by atoms with E-state index in [1.807, 2.05) is 0 Å². The monoisotopic (exact) mass is 212 g/mol.